The number of allylic oxidation sites excluding steroid dienone is 5. The number of piperidine rings is 1. The molecule has 1 aliphatic rings. The fraction of sp³-hybridized carbons (Fsp3) is 0.417. The highest BCUT2D eigenvalue weighted by Crippen LogP contribution is 2.21. The second-order valence-corrected chi connectivity index (χ2v) is 10.8. The lowest BCUT2D eigenvalue weighted by Gasteiger charge is -2.27. The van der Waals surface area contributed by atoms with Crippen LogP contribution in [0.5, 0.6) is 5.75 Å². The van der Waals surface area contributed by atoms with E-state index in [1.165, 1.54) is 55.1 Å². The van der Waals surface area contributed by atoms with Crippen LogP contribution in [0, 0.1) is 12.8 Å². The van der Waals surface area contributed by atoms with Crippen LogP contribution >= 0.6 is 12.1 Å². The maximum absolute atomic E-state index is 11.7. The Kier molecular flexibility index (Phi) is 25.3. The highest BCUT2D eigenvalue weighted by atomic mass is 32.2. The Balaban J connectivity index is 0. The highest BCUT2D eigenvalue weighted by molar-refractivity contribution is 7.98. The fourth-order valence-electron chi connectivity index (χ4n) is 3.80. The van der Waals surface area contributed by atoms with Crippen molar-refractivity contribution >= 4 is 24.0 Å². The van der Waals surface area contributed by atoms with Gasteiger partial charge < -0.3 is 9.74 Å². The molecule has 0 spiro atoms. The molecule has 1 heterocycles. The molecule has 0 bridgehead atoms. The molecular weight excluding hydrogens is 543 g/mol. The minimum Gasteiger partial charge on any atom is -0.412 e. The van der Waals surface area contributed by atoms with Gasteiger partial charge in [-0.25, -0.2) is 0 Å². The predicted molar refractivity (Wildman–Crippen MR) is 185 cm³/mol. The molecule has 1 saturated heterocycles. The summed E-state index contributed by atoms with van der Waals surface area (Å²) in [5.74, 6) is 6.38. The zero-order valence-electron chi connectivity index (χ0n) is 27.5. The molecule has 2 aromatic rings. The van der Waals surface area contributed by atoms with E-state index < -0.39 is 0 Å². The molecule has 1 fully saturated rings. The molecular formula is C36H55FN2O2S. The van der Waals surface area contributed by atoms with Crippen molar-refractivity contribution in [3.05, 3.63) is 107 Å². The molecule has 0 saturated carbocycles. The third-order valence-corrected chi connectivity index (χ3v) is 7.00. The maximum Gasteiger partial charge on any atom is 0.150 e. The zero-order chi connectivity index (χ0) is 32.5. The third-order valence-electron chi connectivity index (χ3n) is 6.26. The van der Waals surface area contributed by atoms with E-state index in [2.05, 4.69) is 81.9 Å². The van der Waals surface area contributed by atoms with Crippen molar-refractivity contribution in [1.82, 2.24) is 4.90 Å². The van der Waals surface area contributed by atoms with Gasteiger partial charge in [0.1, 0.15) is 12.0 Å². The van der Waals surface area contributed by atoms with Gasteiger partial charge in [0.15, 0.2) is 0 Å². The molecule has 0 radical (unpaired) electrons. The molecule has 1 aliphatic heterocycles. The van der Waals surface area contributed by atoms with Gasteiger partial charge in [-0.2, -0.15) is 9.78 Å². The van der Waals surface area contributed by atoms with Gasteiger partial charge in [0.05, 0.1) is 12.1 Å². The van der Waals surface area contributed by atoms with Crippen molar-refractivity contribution in [1.29, 1.82) is 0 Å². The monoisotopic (exact) mass is 598 g/mol. The van der Waals surface area contributed by atoms with Crippen molar-refractivity contribution in [3.63, 3.8) is 0 Å². The Morgan fingerprint density at radius 2 is 1.69 bits per heavy atom. The normalized spacial score (nSPS) is 12.1. The first-order valence-electron chi connectivity index (χ1n) is 14.6. The predicted octanol–water partition coefficient (Wildman–Crippen LogP) is 10.6. The average molecular weight is 599 g/mol. The number of hydrogen-bond acceptors (Lipinski definition) is 5. The van der Waals surface area contributed by atoms with E-state index >= 15 is 0 Å². The molecule has 234 valence electrons. The summed E-state index contributed by atoms with van der Waals surface area (Å²) in [6.45, 7) is 26.4. The minimum atomic E-state index is 0.240. The largest absolute Gasteiger partial charge is 0.412 e. The van der Waals surface area contributed by atoms with Crippen LogP contribution in [0.15, 0.2) is 89.9 Å². The van der Waals surface area contributed by atoms with E-state index in [0.29, 0.717) is 16.2 Å². The van der Waals surface area contributed by atoms with Crippen LogP contribution in [0.1, 0.15) is 89.2 Å². The third kappa shape index (κ3) is 19.2. The number of aldehydes is 1. The van der Waals surface area contributed by atoms with Crippen LogP contribution in [0.4, 0.5) is 3.89 Å². The molecule has 3 rings (SSSR count). The lowest BCUT2D eigenvalue weighted by molar-refractivity contribution is 0.112. The zero-order valence-corrected chi connectivity index (χ0v) is 28.3. The minimum absolute atomic E-state index is 0.240. The number of aryl methyl sites for hydroxylation is 1. The molecule has 2 aromatic carbocycles. The molecule has 6 heteroatoms. The molecule has 42 heavy (non-hydrogen) atoms. The Morgan fingerprint density at radius 1 is 1.10 bits per heavy atom. The van der Waals surface area contributed by atoms with Gasteiger partial charge in [-0.1, -0.05) is 100 Å². The Hall–Kier alpha value is -2.93. The van der Waals surface area contributed by atoms with Gasteiger partial charge in [-0.15, -0.1) is 0 Å². The van der Waals surface area contributed by atoms with E-state index in [1.54, 1.807) is 24.3 Å². The number of nitrogens with two attached hydrogens (primary N) is 1. The number of halogens is 1. The van der Waals surface area contributed by atoms with E-state index in [1.807, 2.05) is 33.8 Å². The van der Waals surface area contributed by atoms with Crippen LogP contribution in [-0.4, -0.2) is 31.3 Å². The number of rotatable bonds is 7. The maximum atomic E-state index is 11.7. The second-order valence-electron chi connectivity index (χ2n) is 10.2. The number of hydrogen-bond donors (Lipinski definition) is 1. The Labute approximate surface area is 260 Å². The lowest BCUT2D eigenvalue weighted by atomic mass is 9.95. The fourth-order valence-corrected chi connectivity index (χ4v) is 4.02. The topological polar surface area (TPSA) is 55.6 Å². The summed E-state index contributed by atoms with van der Waals surface area (Å²) in [6.07, 6.45) is 8.60. The van der Waals surface area contributed by atoms with Crippen molar-refractivity contribution in [2.75, 3.05) is 20.1 Å². The van der Waals surface area contributed by atoms with Gasteiger partial charge in [-0.3, -0.25) is 4.79 Å². The smallest absolute Gasteiger partial charge is 0.150 e. The SMILES string of the molecule is C=C(C=C(C)C)c1ccccc1C.C=CC(SF)=C(C)C.CC.CCC1CCN(C)CC1.NOc1cccc(C=O)c1. The van der Waals surface area contributed by atoms with Crippen molar-refractivity contribution in [2.45, 2.75) is 74.7 Å². The standard InChI is InChI=1S/C13H16.C8H17N.C7H7NO2.C6H9FS.C2H6/c1-10(2)9-12(4)13-8-6-5-7-11(13)3;1-3-8-4-6-9(2)7-5-8;8-10-7-3-1-2-6(4-7)5-9;1-4-6(8-7)5(2)3;1-2/h5-9H,4H2,1-3H3;8H,3-7H2,1-2H3;1-5H,8H2;4H,1H2,2-3H3;1-2H3. The van der Waals surface area contributed by atoms with Crippen LogP contribution in [0.25, 0.3) is 5.57 Å². The first-order valence-corrected chi connectivity index (χ1v) is 15.3. The summed E-state index contributed by atoms with van der Waals surface area (Å²) in [4.78, 5) is 17.6. The van der Waals surface area contributed by atoms with Gasteiger partial charge in [0.25, 0.3) is 0 Å². The van der Waals surface area contributed by atoms with Crippen LogP contribution in [0.3, 0.4) is 0 Å². The van der Waals surface area contributed by atoms with Gasteiger partial charge >= 0.3 is 0 Å². The first-order chi connectivity index (χ1) is 20.0. The molecule has 0 atom stereocenters. The number of likely N-dealkylation sites (tertiary alicyclic amines) is 1. The van der Waals surface area contributed by atoms with Crippen molar-refractivity contribution < 1.29 is 13.5 Å². The van der Waals surface area contributed by atoms with Crippen LogP contribution < -0.4 is 10.7 Å². The molecule has 0 amide bonds. The van der Waals surface area contributed by atoms with E-state index in [0.717, 1.165) is 23.4 Å². The van der Waals surface area contributed by atoms with Crippen molar-refractivity contribution in [2.24, 2.45) is 11.8 Å². The summed E-state index contributed by atoms with van der Waals surface area (Å²) in [7, 11) is 2.21. The number of carbonyl (C=O) groups excluding carboxylic acids is 1. The van der Waals surface area contributed by atoms with Crippen molar-refractivity contribution in [3.8, 4) is 5.75 Å². The summed E-state index contributed by atoms with van der Waals surface area (Å²) in [5.41, 5.74) is 6.43. The molecule has 4 nitrogen and oxygen atoms in total. The molecule has 0 aliphatic carbocycles. The summed E-state index contributed by atoms with van der Waals surface area (Å²) >= 11 is 0.240. The molecule has 2 N–H and O–H groups in total. The number of carbonyl (C=O) groups is 1. The lowest BCUT2D eigenvalue weighted by Crippen LogP contribution is -2.29. The average Bonchev–Trinajstić information content (AvgIpc) is 3.00. The number of nitrogens with zero attached hydrogens (tertiary/aromatic N) is 1. The van der Waals surface area contributed by atoms with E-state index in [4.69, 9.17) is 5.90 Å². The van der Waals surface area contributed by atoms with Crippen LogP contribution in [-0.2, 0) is 0 Å². The molecule has 0 aromatic heterocycles. The Bertz CT molecular complexity index is 1100. The van der Waals surface area contributed by atoms with Gasteiger partial charge in [0, 0.05) is 10.5 Å². The summed E-state index contributed by atoms with van der Waals surface area (Å²) in [5, 5.41) is 0. The van der Waals surface area contributed by atoms with E-state index in [-0.39, 0.29) is 12.1 Å². The van der Waals surface area contributed by atoms with Gasteiger partial charge in [-0.05, 0) is 102 Å². The summed E-state index contributed by atoms with van der Waals surface area (Å²) in [6, 6.07) is 14.9. The first kappa shape index (κ1) is 41.2. The Morgan fingerprint density at radius 3 is 2.10 bits per heavy atom. The van der Waals surface area contributed by atoms with Crippen LogP contribution in [0.2, 0.25) is 0 Å². The van der Waals surface area contributed by atoms with Gasteiger partial charge in [0.2, 0.25) is 0 Å². The quantitative estimate of drug-likeness (QED) is 0.195. The van der Waals surface area contributed by atoms with E-state index in [9.17, 15) is 8.68 Å². The molecule has 0 unspecified atom stereocenters. The summed E-state index contributed by atoms with van der Waals surface area (Å²) < 4.78 is 11.7. The number of benzene rings is 2. The second kappa shape index (κ2) is 25.8. The highest BCUT2D eigenvalue weighted by Gasteiger charge is 2.13.